The van der Waals surface area contributed by atoms with Gasteiger partial charge in [-0.15, -0.1) is 0 Å². The van der Waals surface area contributed by atoms with Crippen LogP contribution in [0.5, 0.6) is 5.75 Å². The van der Waals surface area contributed by atoms with E-state index in [1.165, 1.54) is 0 Å². The van der Waals surface area contributed by atoms with Crippen molar-refractivity contribution in [1.29, 1.82) is 0 Å². The molecule has 0 radical (unpaired) electrons. The number of benzene rings is 1. The van der Waals surface area contributed by atoms with E-state index in [0.29, 0.717) is 6.54 Å². The van der Waals surface area contributed by atoms with Crippen molar-refractivity contribution in [3.05, 3.63) is 46.2 Å². The number of hydrogen-bond donors (Lipinski definition) is 1. The Morgan fingerprint density at radius 1 is 1.25 bits per heavy atom. The molecule has 106 valence electrons. The van der Waals surface area contributed by atoms with Crippen LogP contribution >= 0.6 is 0 Å². The molecule has 1 aromatic heterocycles. The molecule has 0 amide bonds. The fraction of sp³-hybridized carbons (Fsp3) is 0.312. The summed E-state index contributed by atoms with van der Waals surface area (Å²) in [6, 6.07) is 9.47. The molecule has 4 nitrogen and oxygen atoms in total. The van der Waals surface area contributed by atoms with E-state index < -0.39 is 0 Å². The number of pyridine rings is 1. The second-order valence-electron chi connectivity index (χ2n) is 4.83. The molecule has 0 saturated carbocycles. The number of aryl methyl sites for hydroxylation is 1. The van der Waals surface area contributed by atoms with Gasteiger partial charge in [-0.1, -0.05) is 18.6 Å². The van der Waals surface area contributed by atoms with Crippen molar-refractivity contribution in [2.24, 2.45) is 0 Å². The van der Waals surface area contributed by atoms with Crippen molar-refractivity contribution in [1.82, 2.24) is 4.57 Å². The minimum atomic E-state index is -0.145. The van der Waals surface area contributed by atoms with Crippen molar-refractivity contribution in [2.45, 2.75) is 26.8 Å². The fourth-order valence-electron chi connectivity index (χ4n) is 2.30. The summed E-state index contributed by atoms with van der Waals surface area (Å²) in [5.41, 5.74) is 8.73. The molecule has 2 N–H and O–H groups in total. The van der Waals surface area contributed by atoms with Gasteiger partial charge in [-0.3, -0.25) is 4.79 Å². The monoisotopic (exact) mass is 272 g/mol. The summed E-state index contributed by atoms with van der Waals surface area (Å²) in [4.78, 5) is 12.2. The molecule has 0 atom stereocenters. The summed E-state index contributed by atoms with van der Waals surface area (Å²) in [6.45, 7) is 4.69. The Labute approximate surface area is 118 Å². The Hall–Kier alpha value is -2.23. The Bertz CT molecular complexity index is 675. The normalized spacial score (nSPS) is 10.6. The quantitative estimate of drug-likeness (QED) is 0.931. The van der Waals surface area contributed by atoms with Crippen molar-refractivity contribution in [3.63, 3.8) is 0 Å². The number of aromatic nitrogens is 1. The van der Waals surface area contributed by atoms with Gasteiger partial charge < -0.3 is 15.0 Å². The van der Waals surface area contributed by atoms with Gasteiger partial charge in [0.1, 0.15) is 5.75 Å². The number of rotatable bonds is 4. The zero-order valence-corrected chi connectivity index (χ0v) is 12.1. The van der Waals surface area contributed by atoms with E-state index in [1.807, 2.05) is 38.1 Å². The molecule has 4 heteroatoms. The van der Waals surface area contributed by atoms with Gasteiger partial charge in [0.2, 0.25) is 0 Å². The number of nitrogen functional groups attached to an aromatic ring is 1. The van der Waals surface area contributed by atoms with Crippen LogP contribution in [-0.4, -0.2) is 11.7 Å². The Balaban J connectivity index is 2.72. The maximum Gasteiger partial charge on any atom is 0.274 e. The predicted molar refractivity (Wildman–Crippen MR) is 82.1 cm³/mol. The first-order chi connectivity index (χ1) is 9.58. The zero-order chi connectivity index (χ0) is 14.7. The van der Waals surface area contributed by atoms with Gasteiger partial charge in [0.15, 0.2) is 0 Å². The van der Waals surface area contributed by atoms with Crippen LogP contribution in [0.25, 0.3) is 11.3 Å². The summed E-state index contributed by atoms with van der Waals surface area (Å²) in [6.07, 6.45) is 0.866. The minimum Gasteiger partial charge on any atom is -0.496 e. The largest absolute Gasteiger partial charge is 0.496 e. The molecule has 0 aliphatic carbocycles. The summed E-state index contributed by atoms with van der Waals surface area (Å²) in [7, 11) is 1.63. The summed E-state index contributed by atoms with van der Waals surface area (Å²) >= 11 is 0. The number of methoxy groups -OCH3 is 1. The Morgan fingerprint density at radius 2 is 2.00 bits per heavy atom. The first-order valence-corrected chi connectivity index (χ1v) is 6.72. The van der Waals surface area contributed by atoms with Crippen LogP contribution in [0.1, 0.15) is 18.9 Å². The van der Waals surface area contributed by atoms with Gasteiger partial charge in [-0.25, -0.2) is 0 Å². The highest BCUT2D eigenvalue weighted by molar-refractivity contribution is 5.69. The summed E-state index contributed by atoms with van der Waals surface area (Å²) < 4.78 is 7.13. The van der Waals surface area contributed by atoms with E-state index in [0.717, 1.165) is 29.0 Å². The Kier molecular flexibility index (Phi) is 4.13. The molecular weight excluding hydrogens is 252 g/mol. The van der Waals surface area contributed by atoms with Gasteiger partial charge in [0.05, 0.1) is 18.5 Å². The number of hydrogen-bond acceptors (Lipinski definition) is 3. The maximum atomic E-state index is 12.2. The van der Waals surface area contributed by atoms with E-state index in [-0.39, 0.29) is 11.2 Å². The SMILES string of the molecule is CCCn1c(-c2cc(C)ccc2OC)ccc(N)c1=O. The first-order valence-electron chi connectivity index (χ1n) is 6.72. The number of anilines is 1. The van der Waals surface area contributed by atoms with Gasteiger partial charge in [-0.05, 0) is 37.6 Å². The average molecular weight is 272 g/mol. The first kappa shape index (κ1) is 14.2. The molecule has 0 unspecified atom stereocenters. The topological polar surface area (TPSA) is 57.2 Å². The molecular formula is C16H20N2O2. The lowest BCUT2D eigenvalue weighted by molar-refractivity contribution is 0.416. The molecule has 0 fully saturated rings. The standard InChI is InChI=1S/C16H20N2O2/c1-4-9-18-14(7-6-13(17)16(18)19)12-10-11(2)5-8-15(12)20-3/h5-8,10H,4,9,17H2,1-3H3. The molecule has 0 aliphatic heterocycles. The highest BCUT2D eigenvalue weighted by Crippen LogP contribution is 2.30. The summed E-state index contributed by atoms with van der Waals surface area (Å²) in [5, 5.41) is 0. The van der Waals surface area contributed by atoms with E-state index in [9.17, 15) is 4.79 Å². The molecule has 1 aromatic carbocycles. The van der Waals surface area contributed by atoms with E-state index in [2.05, 4.69) is 0 Å². The van der Waals surface area contributed by atoms with Crippen molar-refractivity contribution < 1.29 is 4.74 Å². The van der Waals surface area contributed by atoms with Crippen LogP contribution in [0.3, 0.4) is 0 Å². The zero-order valence-electron chi connectivity index (χ0n) is 12.1. The molecule has 0 spiro atoms. The molecule has 2 aromatic rings. The lowest BCUT2D eigenvalue weighted by Gasteiger charge is -2.16. The van der Waals surface area contributed by atoms with Crippen LogP contribution in [-0.2, 0) is 6.54 Å². The second-order valence-corrected chi connectivity index (χ2v) is 4.83. The molecule has 2 rings (SSSR count). The van der Waals surface area contributed by atoms with Crippen molar-refractivity contribution >= 4 is 5.69 Å². The van der Waals surface area contributed by atoms with Crippen molar-refractivity contribution in [3.8, 4) is 17.0 Å². The lowest BCUT2D eigenvalue weighted by Crippen LogP contribution is -2.24. The van der Waals surface area contributed by atoms with Gasteiger partial charge >= 0.3 is 0 Å². The van der Waals surface area contributed by atoms with E-state index in [1.54, 1.807) is 17.7 Å². The lowest BCUT2D eigenvalue weighted by atomic mass is 10.1. The highest BCUT2D eigenvalue weighted by atomic mass is 16.5. The van der Waals surface area contributed by atoms with Crippen molar-refractivity contribution in [2.75, 3.05) is 12.8 Å². The molecule has 0 aliphatic rings. The van der Waals surface area contributed by atoms with Crippen LogP contribution in [0, 0.1) is 6.92 Å². The van der Waals surface area contributed by atoms with Crippen LogP contribution in [0.4, 0.5) is 5.69 Å². The average Bonchev–Trinajstić information content (AvgIpc) is 2.44. The van der Waals surface area contributed by atoms with Crippen LogP contribution < -0.4 is 16.0 Å². The van der Waals surface area contributed by atoms with Gasteiger partial charge in [-0.2, -0.15) is 0 Å². The molecule has 20 heavy (non-hydrogen) atoms. The van der Waals surface area contributed by atoms with E-state index in [4.69, 9.17) is 10.5 Å². The number of nitrogens with two attached hydrogens (primary N) is 1. The third kappa shape index (κ3) is 2.54. The third-order valence-corrected chi connectivity index (χ3v) is 3.28. The van der Waals surface area contributed by atoms with Gasteiger partial charge in [0, 0.05) is 12.1 Å². The Morgan fingerprint density at radius 3 is 2.65 bits per heavy atom. The highest BCUT2D eigenvalue weighted by Gasteiger charge is 2.12. The van der Waals surface area contributed by atoms with Crippen LogP contribution in [0.2, 0.25) is 0 Å². The smallest absolute Gasteiger partial charge is 0.274 e. The number of nitrogens with zero attached hydrogens (tertiary/aromatic N) is 1. The second kappa shape index (κ2) is 5.82. The van der Waals surface area contributed by atoms with Crippen LogP contribution in [0.15, 0.2) is 35.1 Å². The number of ether oxygens (including phenoxy) is 1. The van der Waals surface area contributed by atoms with E-state index >= 15 is 0 Å². The molecule has 1 heterocycles. The van der Waals surface area contributed by atoms with Gasteiger partial charge in [0.25, 0.3) is 5.56 Å². The minimum absolute atomic E-state index is 0.145. The molecule has 0 saturated heterocycles. The predicted octanol–water partition coefficient (Wildman–Crippen LogP) is 2.82. The summed E-state index contributed by atoms with van der Waals surface area (Å²) in [5.74, 6) is 0.754. The molecule has 0 bridgehead atoms. The fourth-order valence-corrected chi connectivity index (χ4v) is 2.30. The third-order valence-electron chi connectivity index (χ3n) is 3.28. The maximum absolute atomic E-state index is 12.2.